The molecule has 2 aromatic carbocycles. The lowest BCUT2D eigenvalue weighted by Crippen LogP contribution is -2.24. The van der Waals surface area contributed by atoms with Crippen molar-refractivity contribution < 1.29 is 21.9 Å². The molecule has 1 heterocycles. The summed E-state index contributed by atoms with van der Waals surface area (Å²) in [6.07, 6.45) is 1.31. The zero-order valence-corrected chi connectivity index (χ0v) is 15.0. The molecule has 6 nitrogen and oxygen atoms in total. The van der Waals surface area contributed by atoms with Gasteiger partial charge in [0.1, 0.15) is 28.6 Å². The van der Waals surface area contributed by atoms with Crippen LogP contribution >= 0.6 is 0 Å². The van der Waals surface area contributed by atoms with Crippen molar-refractivity contribution in [2.24, 2.45) is 0 Å². The lowest BCUT2D eigenvalue weighted by atomic mass is 10.1. The summed E-state index contributed by atoms with van der Waals surface area (Å²) in [7, 11) is -2.60. The average molecular weight is 391 g/mol. The van der Waals surface area contributed by atoms with Gasteiger partial charge < -0.3 is 4.74 Å². The molecule has 0 atom stereocenters. The van der Waals surface area contributed by atoms with Gasteiger partial charge >= 0.3 is 0 Å². The number of nitrogens with one attached hydrogen (secondary N) is 1. The van der Waals surface area contributed by atoms with Crippen LogP contribution in [0.5, 0.6) is 5.75 Å². The van der Waals surface area contributed by atoms with Gasteiger partial charge in [0.2, 0.25) is 10.0 Å². The van der Waals surface area contributed by atoms with E-state index in [1.807, 2.05) is 12.1 Å². The quantitative estimate of drug-likeness (QED) is 0.699. The lowest BCUT2D eigenvalue weighted by Gasteiger charge is -2.08. The monoisotopic (exact) mass is 391 g/mol. The first-order valence-corrected chi connectivity index (χ1v) is 9.27. The molecule has 27 heavy (non-hydrogen) atoms. The van der Waals surface area contributed by atoms with Crippen LogP contribution in [0.25, 0.3) is 11.3 Å². The van der Waals surface area contributed by atoms with E-state index in [2.05, 4.69) is 14.7 Å². The highest BCUT2D eigenvalue weighted by molar-refractivity contribution is 7.89. The highest BCUT2D eigenvalue weighted by Crippen LogP contribution is 2.21. The van der Waals surface area contributed by atoms with Gasteiger partial charge in [0, 0.05) is 11.6 Å². The van der Waals surface area contributed by atoms with Crippen molar-refractivity contribution in [2.75, 3.05) is 7.11 Å². The smallest absolute Gasteiger partial charge is 0.243 e. The van der Waals surface area contributed by atoms with Gasteiger partial charge in [-0.05, 0) is 42.5 Å². The molecule has 1 N–H and O–H groups in total. The van der Waals surface area contributed by atoms with Crippen LogP contribution in [0, 0.1) is 11.6 Å². The molecular formula is C18H15F2N3O3S. The summed E-state index contributed by atoms with van der Waals surface area (Å²) in [5.41, 5.74) is 1.78. The second kappa shape index (κ2) is 7.77. The number of sulfonamides is 1. The Labute approximate surface area is 154 Å². The van der Waals surface area contributed by atoms with Crippen LogP contribution in [0.15, 0.2) is 59.8 Å². The first kappa shape index (κ1) is 18.9. The second-order valence-electron chi connectivity index (χ2n) is 5.52. The third-order valence-electron chi connectivity index (χ3n) is 3.74. The van der Waals surface area contributed by atoms with Crippen LogP contribution < -0.4 is 9.46 Å². The third-order valence-corrected chi connectivity index (χ3v) is 5.17. The predicted octanol–water partition coefficient (Wildman–Crippen LogP) is 2.91. The SMILES string of the molecule is COc1ccc(-c2cc(CNS(=O)(=O)c3ccc(F)cc3F)ncn2)cc1. The molecule has 0 saturated carbocycles. The van der Waals surface area contributed by atoms with Gasteiger partial charge in [-0.1, -0.05) is 0 Å². The number of hydrogen-bond acceptors (Lipinski definition) is 5. The minimum atomic E-state index is -4.16. The van der Waals surface area contributed by atoms with E-state index in [1.165, 1.54) is 6.33 Å². The van der Waals surface area contributed by atoms with Gasteiger partial charge in [0.15, 0.2) is 0 Å². The zero-order chi connectivity index (χ0) is 19.4. The zero-order valence-electron chi connectivity index (χ0n) is 14.2. The van der Waals surface area contributed by atoms with E-state index in [1.54, 1.807) is 25.3 Å². The molecule has 9 heteroatoms. The van der Waals surface area contributed by atoms with Crippen molar-refractivity contribution in [3.63, 3.8) is 0 Å². The van der Waals surface area contributed by atoms with Crippen LogP contribution in [-0.4, -0.2) is 25.5 Å². The van der Waals surface area contributed by atoms with Crippen molar-refractivity contribution in [3.05, 3.63) is 72.2 Å². The number of hydrogen-bond donors (Lipinski definition) is 1. The minimum Gasteiger partial charge on any atom is -0.497 e. The molecule has 1 aromatic heterocycles. The fraction of sp³-hybridized carbons (Fsp3) is 0.111. The van der Waals surface area contributed by atoms with E-state index < -0.39 is 26.6 Å². The van der Waals surface area contributed by atoms with Gasteiger partial charge in [-0.15, -0.1) is 0 Å². The summed E-state index contributed by atoms with van der Waals surface area (Å²) >= 11 is 0. The number of ether oxygens (including phenoxy) is 1. The fourth-order valence-electron chi connectivity index (χ4n) is 2.35. The number of benzene rings is 2. The lowest BCUT2D eigenvalue weighted by molar-refractivity contribution is 0.415. The maximum atomic E-state index is 13.7. The van der Waals surface area contributed by atoms with Crippen molar-refractivity contribution >= 4 is 10.0 Å². The van der Waals surface area contributed by atoms with E-state index >= 15 is 0 Å². The Morgan fingerprint density at radius 3 is 2.44 bits per heavy atom. The minimum absolute atomic E-state index is 0.176. The number of halogens is 2. The van der Waals surface area contributed by atoms with Gasteiger partial charge in [-0.3, -0.25) is 0 Å². The van der Waals surface area contributed by atoms with E-state index in [4.69, 9.17) is 4.74 Å². The molecular weight excluding hydrogens is 376 g/mol. The number of aromatic nitrogens is 2. The molecule has 3 rings (SSSR count). The van der Waals surface area contributed by atoms with Crippen LogP contribution in [-0.2, 0) is 16.6 Å². The molecule has 0 aliphatic carbocycles. The Hall–Kier alpha value is -2.91. The highest BCUT2D eigenvalue weighted by Gasteiger charge is 2.19. The van der Waals surface area contributed by atoms with Gasteiger partial charge in [-0.25, -0.2) is 31.9 Å². The van der Waals surface area contributed by atoms with E-state index in [-0.39, 0.29) is 6.54 Å². The number of methoxy groups -OCH3 is 1. The van der Waals surface area contributed by atoms with E-state index in [0.29, 0.717) is 23.2 Å². The van der Waals surface area contributed by atoms with Crippen LogP contribution in [0.1, 0.15) is 5.69 Å². The summed E-state index contributed by atoms with van der Waals surface area (Å²) in [5.74, 6) is -1.32. The second-order valence-corrected chi connectivity index (χ2v) is 7.26. The Bertz CT molecular complexity index is 1060. The summed E-state index contributed by atoms with van der Waals surface area (Å²) in [5, 5.41) is 0. The fourth-order valence-corrected chi connectivity index (χ4v) is 3.41. The first-order valence-electron chi connectivity index (χ1n) is 7.79. The molecule has 0 aliphatic heterocycles. The van der Waals surface area contributed by atoms with Crippen molar-refractivity contribution in [3.8, 4) is 17.0 Å². The molecule has 0 spiro atoms. The molecule has 0 fully saturated rings. The number of nitrogens with zero attached hydrogens (tertiary/aromatic N) is 2. The van der Waals surface area contributed by atoms with Gasteiger partial charge in [0.25, 0.3) is 0 Å². The van der Waals surface area contributed by atoms with E-state index in [0.717, 1.165) is 17.7 Å². The van der Waals surface area contributed by atoms with Gasteiger partial charge in [-0.2, -0.15) is 0 Å². The largest absolute Gasteiger partial charge is 0.497 e. The van der Waals surface area contributed by atoms with Gasteiger partial charge in [0.05, 0.1) is 25.0 Å². The summed E-state index contributed by atoms with van der Waals surface area (Å²) < 4.78 is 58.5. The van der Waals surface area contributed by atoms with E-state index in [9.17, 15) is 17.2 Å². The molecule has 0 saturated heterocycles. The molecule has 0 unspecified atom stereocenters. The van der Waals surface area contributed by atoms with Crippen molar-refractivity contribution in [1.29, 1.82) is 0 Å². The normalized spacial score (nSPS) is 11.4. The Morgan fingerprint density at radius 2 is 1.78 bits per heavy atom. The summed E-state index contributed by atoms with van der Waals surface area (Å²) in [6.45, 7) is -0.176. The van der Waals surface area contributed by atoms with Crippen molar-refractivity contribution in [1.82, 2.24) is 14.7 Å². The van der Waals surface area contributed by atoms with Crippen LogP contribution in [0.4, 0.5) is 8.78 Å². The predicted molar refractivity (Wildman–Crippen MR) is 94.4 cm³/mol. The first-order chi connectivity index (χ1) is 12.9. The Balaban J connectivity index is 1.78. The number of rotatable bonds is 6. The molecule has 0 radical (unpaired) electrons. The molecule has 140 valence electrons. The highest BCUT2D eigenvalue weighted by atomic mass is 32.2. The average Bonchev–Trinajstić information content (AvgIpc) is 2.66. The van der Waals surface area contributed by atoms with Crippen LogP contribution in [0.2, 0.25) is 0 Å². The summed E-state index contributed by atoms with van der Waals surface area (Å²) in [4.78, 5) is 7.54. The van der Waals surface area contributed by atoms with Crippen molar-refractivity contribution in [2.45, 2.75) is 11.4 Å². The molecule has 0 aliphatic rings. The molecule has 0 bridgehead atoms. The summed E-state index contributed by atoms with van der Waals surface area (Å²) in [6, 6.07) is 11.0. The molecule has 3 aromatic rings. The maximum absolute atomic E-state index is 13.7. The Morgan fingerprint density at radius 1 is 1.04 bits per heavy atom. The third kappa shape index (κ3) is 4.44. The molecule has 0 amide bonds. The maximum Gasteiger partial charge on any atom is 0.243 e. The Kier molecular flexibility index (Phi) is 5.43. The topological polar surface area (TPSA) is 81.2 Å². The standard InChI is InChI=1S/C18H15F2N3O3S/c1-26-15-5-2-12(3-6-15)17-9-14(21-11-22-17)10-23-27(24,25)18-7-4-13(19)8-16(18)20/h2-9,11,23H,10H2,1H3. The van der Waals surface area contributed by atoms with Crippen LogP contribution in [0.3, 0.4) is 0 Å².